The van der Waals surface area contributed by atoms with Gasteiger partial charge < -0.3 is 9.88 Å². The van der Waals surface area contributed by atoms with Crippen LogP contribution >= 0.6 is 0 Å². The highest BCUT2D eigenvalue weighted by atomic mass is 15.6. The molecule has 1 N–H and O–H groups in total. The Morgan fingerprint density at radius 1 is 1.44 bits per heavy atom. The topological polar surface area (TPSA) is 73.5 Å². The van der Waals surface area contributed by atoms with Gasteiger partial charge in [0.1, 0.15) is 0 Å². The third-order valence-corrected chi connectivity index (χ3v) is 2.19. The molecule has 0 saturated heterocycles. The van der Waals surface area contributed by atoms with Gasteiger partial charge in [-0.3, -0.25) is 0 Å². The zero-order chi connectivity index (χ0) is 11.4. The van der Waals surface area contributed by atoms with Crippen LogP contribution in [0.3, 0.4) is 0 Å². The van der Waals surface area contributed by atoms with Gasteiger partial charge in [-0.15, -0.1) is 10.2 Å². The lowest BCUT2D eigenvalue weighted by Crippen LogP contribution is -2.10. The van der Waals surface area contributed by atoms with Gasteiger partial charge in [-0.1, -0.05) is 0 Å². The van der Waals surface area contributed by atoms with Crippen LogP contribution in [0, 0.1) is 0 Å². The van der Waals surface area contributed by atoms with Gasteiger partial charge in [-0.05, 0) is 12.3 Å². The Balaban J connectivity index is 1.97. The third-order valence-electron chi connectivity index (χ3n) is 2.19. The van der Waals surface area contributed by atoms with Crippen molar-refractivity contribution in [1.29, 1.82) is 0 Å². The van der Waals surface area contributed by atoms with Crippen molar-refractivity contribution in [1.82, 2.24) is 35.1 Å². The average molecular weight is 221 g/mol. The van der Waals surface area contributed by atoms with Crippen LogP contribution in [0.5, 0.6) is 0 Å². The van der Waals surface area contributed by atoms with E-state index in [-0.39, 0.29) is 0 Å². The summed E-state index contributed by atoms with van der Waals surface area (Å²) in [6, 6.07) is 0. The summed E-state index contributed by atoms with van der Waals surface area (Å²) in [6.45, 7) is 1.54. The van der Waals surface area contributed by atoms with E-state index in [1.165, 1.54) is 4.80 Å². The molecule has 2 aromatic heterocycles. The summed E-state index contributed by atoms with van der Waals surface area (Å²) in [7, 11) is 3.68. The average Bonchev–Trinajstić information content (AvgIpc) is 2.86. The van der Waals surface area contributed by atoms with Gasteiger partial charge in [-0.25, -0.2) is 4.98 Å². The minimum atomic E-state index is 0.612. The molecule has 0 saturated carbocycles. The highest BCUT2D eigenvalue weighted by Crippen LogP contribution is 1.99. The van der Waals surface area contributed by atoms with Crippen molar-refractivity contribution in [3.05, 3.63) is 24.0 Å². The molecule has 0 fully saturated rings. The highest BCUT2D eigenvalue weighted by molar-refractivity contribution is 4.98. The van der Waals surface area contributed by atoms with Crippen LogP contribution in [0.25, 0.3) is 0 Å². The Hall–Kier alpha value is -1.76. The number of rotatable bonds is 5. The van der Waals surface area contributed by atoms with E-state index in [1.54, 1.807) is 13.4 Å². The molecule has 0 atom stereocenters. The monoisotopic (exact) mass is 221 g/mol. The third kappa shape index (κ3) is 2.63. The molecule has 86 valence electrons. The van der Waals surface area contributed by atoms with E-state index in [2.05, 4.69) is 25.7 Å². The molecule has 2 heterocycles. The standard InChI is InChI=1S/C9H15N7/c1-10-4-3-8-5-16(7-11-8)6-9-12-14-15(2)13-9/h5,7,10H,3-4,6H2,1-2H3. The van der Waals surface area contributed by atoms with Crippen molar-refractivity contribution < 1.29 is 0 Å². The molecule has 0 aliphatic carbocycles. The smallest absolute Gasteiger partial charge is 0.194 e. The summed E-state index contributed by atoms with van der Waals surface area (Å²) < 4.78 is 1.96. The van der Waals surface area contributed by atoms with Gasteiger partial charge in [0, 0.05) is 19.2 Å². The SMILES string of the molecule is CNCCc1cn(Cc2nnn(C)n2)cn1. The Morgan fingerprint density at radius 2 is 2.31 bits per heavy atom. The lowest BCUT2D eigenvalue weighted by molar-refractivity contribution is 0.625. The molecule has 2 rings (SSSR count). The van der Waals surface area contributed by atoms with Crippen molar-refractivity contribution in [2.45, 2.75) is 13.0 Å². The Morgan fingerprint density at radius 3 is 3.00 bits per heavy atom. The first kappa shape index (κ1) is 10.7. The number of likely N-dealkylation sites (N-methyl/N-ethyl adjacent to an activating group) is 1. The molecule has 0 aromatic carbocycles. The van der Waals surface area contributed by atoms with Crippen molar-refractivity contribution in [2.24, 2.45) is 7.05 Å². The Kier molecular flexibility index (Phi) is 3.25. The van der Waals surface area contributed by atoms with Gasteiger partial charge >= 0.3 is 0 Å². The second-order valence-electron chi connectivity index (χ2n) is 3.59. The lowest BCUT2D eigenvalue weighted by atomic mass is 10.3. The van der Waals surface area contributed by atoms with Crippen molar-refractivity contribution in [2.75, 3.05) is 13.6 Å². The number of aromatic nitrogens is 6. The summed E-state index contributed by atoms with van der Waals surface area (Å²) in [5.41, 5.74) is 1.07. The van der Waals surface area contributed by atoms with E-state index in [1.807, 2.05) is 17.8 Å². The molecule has 2 aromatic rings. The minimum Gasteiger partial charge on any atom is -0.329 e. The molecule has 0 unspecified atom stereocenters. The minimum absolute atomic E-state index is 0.612. The Bertz CT molecular complexity index is 444. The van der Waals surface area contributed by atoms with Crippen molar-refractivity contribution >= 4 is 0 Å². The zero-order valence-electron chi connectivity index (χ0n) is 9.46. The van der Waals surface area contributed by atoms with E-state index < -0.39 is 0 Å². The molecule has 0 aliphatic heterocycles. The molecule has 0 radical (unpaired) electrons. The molecule has 0 amide bonds. The number of hydrogen-bond donors (Lipinski definition) is 1. The van der Waals surface area contributed by atoms with Gasteiger partial charge in [0.2, 0.25) is 0 Å². The summed E-state index contributed by atoms with van der Waals surface area (Å²) in [5, 5.41) is 14.9. The van der Waals surface area contributed by atoms with Crippen LogP contribution in [-0.4, -0.2) is 43.4 Å². The number of aryl methyl sites for hydroxylation is 1. The molecule has 0 spiro atoms. The maximum Gasteiger partial charge on any atom is 0.194 e. The first-order valence-corrected chi connectivity index (χ1v) is 5.16. The summed E-state index contributed by atoms with van der Waals surface area (Å²) >= 11 is 0. The first-order chi connectivity index (χ1) is 7.78. The maximum atomic E-state index is 4.30. The molecular weight excluding hydrogens is 206 g/mol. The van der Waals surface area contributed by atoms with Crippen LogP contribution in [0.4, 0.5) is 0 Å². The fourth-order valence-electron chi connectivity index (χ4n) is 1.42. The zero-order valence-corrected chi connectivity index (χ0v) is 9.46. The molecule has 7 heteroatoms. The largest absolute Gasteiger partial charge is 0.329 e. The van der Waals surface area contributed by atoms with Crippen molar-refractivity contribution in [3.63, 3.8) is 0 Å². The summed E-state index contributed by atoms with van der Waals surface area (Å²) in [5.74, 6) is 0.695. The van der Waals surface area contributed by atoms with E-state index in [4.69, 9.17) is 0 Å². The fraction of sp³-hybridized carbons (Fsp3) is 0.556. The predicted molar refractivity (Wildman–Crippen MR) is 57.8 cm³/mol. The maximum absolute atomic E-state index is 4.30. The summed E-state index contributed by atoms with van der Waals surface area (Å²) in [6.07, 6.45) is 4.73. The Labute approximate surface area is 93.5 Å². The van der Waals surface area contributed by atoms with E-state index in [0.717, 1.165) is 18.7 Å². The molecule has 7 nitrogen and oxygen atoms in total. The quantitative estimate of drug-likeness (QED) is 0.716. The molecular formula is C9H15N7. The van der Waals surface area contributed by atoms with Gasteiger partial charge in [0.15, 0.2) is 5.82 Å². The van der Waals surface area contributed by atoms with Crippen LogP contribution in [0.1, 0.15) is 11.5 Å². The number of nitrogens with zero attached hydrogens (tertiary/aromatic N) is 6. The van der Waals surface area contributed by atoms with Crippen LogP contribution in [-0.2, 0) is 20.0 Å². The number of nitrogens with one attached hydrogen (secondary N) is 1. The van der Waals surface area contributed by atoms with Crippen LogP contribution < -0.4 is 5.32 Å². The fourth-order valence-corrected chi connectivity index (χ4v) is 1.42. The molecule has 0 bridgehead atoms. The first-order valence-electron chi connectivity index (χ1n) is 5.16. The molecule has 0 aliphatic rings. The number of tetrazole rings is 1. The lowest BCUT2D eigenvalue weighted by Gasteiger charge is -1.96. The second kappa shape index (κ2) is 4.84. The molecule has 16 heavy (non-hydrogen) atoms. The summed E-state index contributed by atoms with van der Waals surface area (Å²) in [4.78, 5) is 5.75. The highest BCUT2D eigenvalue weighted by Gasteiger charge is 2.03. The van der Waals surface area contributed by atoms with Crippen LogP contribution in [0.15, 0.2) is 12.5 Å². The van der Waals surface area contributed by atoms with Crippen molar-refractivity contribution in [3.8, 4) is 0 Å². The second-order valence-corrected chi connectivity index (χ2v) is 3.59. The van der Waals surface area contributed by atoms with Gasteiger partial charge in [0.25, 0.3) is 0 Å². The van der Waals surface area contributed by atoms with Gasteiger partial charge in [0.05, 0.1) is 25.6 Å². The van der Waals surface area contributed by atoms with E-state index in [9.17, 15) is 0 Å². The normalized spacial score (nSPS) is 10.9. The van der Waals surface area contributed by atoms with Gasteiger partial charge in [-0.2, -0.15) is 4.80 Å². The number of hydrogen-bond acceptors (Lipinski definition) is 5. The van der Waals surface area contributed by atoms with E-state index >= 15 is 0 Å². The van der Waals surface area contributed by atoms with Crippen LogP contribution in [0.2, 0.25) is 0 Å². The van der Waals surface area contributed by atoms with E-state index in [0.29, 0.717) is 12.4 Å². The number of imidazole rings is 1. The predicted octanol–water partition coefficient (Wildman–Crippen LogP) is -0.783.